The Morgan fingerprint density at radius 3 is 2.16 bits per heavy atom. The zero-order valence-electron chi connectivity index (χ0n) is 20.3. The van der Waals surface area contributed by atoms with Crippen LogP contribution in [-0.2, 0) is 20.0 Å². The highest BCUT2D eigenvalue weighted by molar-refractivity contribution is 7.90. The predicted molar refractivity (Wildman–Crippen MR) is 151 cm³/mol. The van der Waals surface area contributed by atoms with E-state index in [1.807, 2.05) is 42.5 Å². The Bertz CT molecular complexity index is 1550. The van der Waals surface area contributed by atoms with Crippen molar-refractivity contribution in [2.45, 2.75) is 10.8 Å². The lowest BCUT2D eigenvalue weighted by atomic mass is 9.91. The van der Waals surface area contributed by atoms with Crippen LogP contribution in [0.4, 0.5) is 0 Å². The van der Waals surface area contributed by atoms with Crippen LogP contribution in [0, 0.1) is 0 Å². The minimum absolute atomic E-state index is 0.0295. The summed E-state index contributed by atoms with van der Waals surface area (Å²) in [5.74, 6) is -0.654. The molecule has 38 heavy (non-hydrogen) atoms. The van der Waals surface area contributed by atoms with Crippen LogP contribution < -0.4 is 9.44 Å². The Morgan fingerprint density at radius 2 is 1.55 bits per heavy atom. The molecule has 200 valence electrons. The van der Waals surface area contributed by atoms with Crippen molar-refractivity contribution in [2.24, 2.45) is 10.1 Å². The van der Waals surface area contributed by atoms with Gasteiger partial charge in [0.15, 0.2) is 0 Å². The van der Waals surface area contributed by atoms with Gasteiger partial charge < -0.3 is 0 Å². The number of nitrogens with one attached hydrogen (secondary N) is 2. The van der Waals surface area contributed by atoms with Crippen molar-refractivity contribution < 1.29 is 16.8 Å². The van der Waals surface area contributed by atoms with Gasteiger partial charge in [0.25, 0.3) is 10.0 Å². The van der Waals surface area contributed by atoms with E-state index in [9.17, 15) is 16.8 Å². The number of guanidine groups is 1. The smallest absolute Gasteiger partial charge is 0.250 e. The average Bonchev–Trinajstić information content (AvgIpc) is 3.35. The summed E-state index contributed by atoms with van der Waals surface area (Å²) in [5, 5.41) is 7.14. The summed E-state index contributed by atoms with van der Waals surface area (Å²) < 4.78 is 55.1. The second-order valence-electron chi connectivity index (χ2n) is 8.33. The Hall–Kier alpha value is -2.96. The van der Waals surface area contributed by atoms with Gasteiger partial charge in [0.05, 0.1) is 29.4 Å². The van der Waals surface area contributed by atoms with Crippen LogP contribution in [-0.4, -0.2) is 59.4 Å². The molecule has 1 aliphatic rings. The van der Waals surface area contributed by atoms with Crippen LogP contribution in [0.3, 0.4) is 0 Å². The molecule has 1 heterocycles. The van der Waals surface area contributed by atoms with Crippen molar-refractivity contribution >= 4 is 54.9 Å². The van der Waals surface area contributed by atoms with Gasteiger partial charge >= 0.3 is 0 Å². The molecule has 0 saturated heterocycles. The molecule has 9 nitrogen and oxygen atoms in total. The van der Waals surface area contributed by atoms with Crippen molar-refractivity contribution in [1.82, 2.24) is 14.5 Å². The van der Waals surface area contributed by atoms with Gasteiger partial charge in [0, 0.05) is 16.0 Å². The van der Waals surface area contributed by atoms with Gasteiger partial charge in [-0.15, -0.1) is 0 Å². The molecule has 0 spiro atoms. The van der Waals surface area contributed by atoms with Gasteiger partial charge in [0.2, 0.25) is 16.0 Å². The Kier molecular flexibility index (Phi) is 8.74. The normalized spacial score (nSPS) is 16.4. The molecule has 0 radical (unpaired) electrons. The summed E-state index contributed by atoms with van der Waals surface area (Å²) in [5.41, 5.74) is 2.47. The summed E-state index contributed by atoms with van der Waals surface area (Å²) >= 11 is 12.0. The van der Waals surface area contributed by atoms with E-state index >= 15 is 0 Å². The van der Waals surface area contributed by atoms with Crippen molar-refractivity contribution in [3.05, 3.63) is 100 Å². The molecule has 1 aliphatic heterocycles. The number of rotatable bonds is 8. The highest BCUT2D eigenvalue weighted by Gasteiger charge is 2.33. The second-order valence-corrected chi connectivity index (χ2v) is 12.9. The topological polar surface area (TPSA) is 120 Å². The molecular weight excluding hydrogens is 569 g/mol. The summed E-state index contributed by atoms with van der Waals surface area (Å²) in [6.07, 6.45) is 0. The molecule has 13 heteroatoms. The number of halogens is 2. The van der Waals surface area contributed by atoms with Crippen LogP contribution in [0.5, 0.6) is 0 Å². The van der Waals surface area contributed by atoms with E-state index in [-0.39, 0.29) is 35.6 Å². The third kappa shape index (κ3) is 6.91. The number of hydrazone groups is 1. The van der Waals surface area contributed by atoms with Crippen LogP contribution in [0.25, 0.3) is 0 Å². The van der Waals surface area contributed by atoms with Crippen LogP contribution in [0.1, 0.15) is 17.0 Å². The molecule has 0 aliphatic carbocycles. The molecule has 0 amide bonds. The highest BCUT2D eigenvalue weighted by atomic mass is 35.5. The molecule has 2 N–H and O–H groups in total. The lowest BCUT2D eigenvalue weighted by molar-refractivity contribution is 0.461. The number of hydrogen-bond donors (Lipinski definition) is 2. The molecule has 3 aromatic carbocycles. The first-order chi connectivity index (χ1) is 18.1. The minimum Gasteiger partial charge on any atom is -0.250 e. The van der Waals surface area contributed by atoms with E-state index in [1.165, 1.54) is 36.3 Å². The molecule has 0 bridgehead atoms. The Balaban J connectivity index is 1.73. The number of aliphatic imine (C=N–C) groups is 1. The maximum atomic E-state index is 13.2. The predicted octanol–water partition coefficient (Wildman–Crippen LogP) is 3.68. The fraction of sp³-hybridized carbons (Fsp3) is 0.200. The van der Waals surface area contributed by atoms with E-state index in [0.29, 0.717) is 15.8 Å². The summed E-state index contributed by atoms with van der Waals surface area (Å²) in [7, 11) is -6.35. The minimum atomic E-state index is -4.09. The summed E-state index contributed by atoms with van der Waals surface area (Å²) in [6.45, 7) is 0.0721. The lowest BCUT2D eigenvalue weighted by Crippen LogP contribution is -2.41. The number of hydrogen-bond acceptors (Lipinski definition) is 6. The number of nitrogens with zero attached hydrogens (tertiary/aromatic N) is 3. The first-order valence-corrected chi connectivity index (χ1v) is 15.4. The van der Waals surface area contributed by atoms with Gasteiger partial charge in [-0.2, -0.15) is 5.10 Å². The Labute approximate surface area is 232 Å². The van der Waals surface area contributed by atoms with Crippen molar-refractivity contribution in [1.29, 1.82) is 0 Å². The van der Waals surface area contributed by atoms with Gasteiger partial charge in [-0.25, -0.2) is 36.3 Å². The van der Waals surface area contributed by atoms with Crippen LogP contribution >= 0.6 is 23.2 Å². The van der Waals surface area contributed by atoms with Gasteiger partial charge in [-0.1, -0.05) is 65.7 Å². The second kappa shape index (κ2) is 11.8. The van der Waals surface area contributed by atoms with Crippen LogP contribution in [0.15, 0.2) is 93.9 Å². The molecule has 3 aromatic rings. The third-order valence-corrected chi connectivity index (χ3v) is 8.97. The fourth-order valence-electron chi connectivity index (χ4n) is 3.80. The average molecular weight is 595 g/mol. The molecule has 0 aromatic heterocycles. The van der Waals surface area contributed by atoms with E-state index in [1.54, 1.807) is 12.1 Å². The summed E-state index contributed by atoms with van der Waals surface area (Å²) in [4.78, 5) is 4.29. The third-order valence-electron chi connectivity index (χ3n) is 5.78. The number of benzene rings is 3. The first kappa shape index (κ1) is 28.1. The molecule has 4 rings (SSSR count). The van der Waals surface area contributed by atoms with Crippen molar-refractivity contribution in [3.63, 3.8) is 0 Å². The number of sulfonamides is 2. The molecular formula is C25H25Cl2N5O4S2. The first-order valence-electron chi connectivity index (χ1n) is 11.5. The monoisotopic (exact) mass is 593 g/mol. The van der Waals surface area contributed by atoms with Crippen molar-refractivity contribution in [2.75, 3.05) is 25.9 Å². The maximum absolute atomic E-state index is 13.2. The van der Waals surface area contributed by atoms with E-state index < -0.39 is 20.0 Å². The van der Waals surface area contributed by atoms with Crippen LogP contribution in [0.2, 0.25) is 10.0 Å². The standard InChI is InChI=1S/C25H25Cl2N5O4S2/c1-28-37(33,34)16-15-29-25(31-38(35,36)22-13-11-21(27)12-14-22)32-17-23(18-5-3-2-4-6-18)24(30-32)19-7-9-20(26)10-8-19/h2-14,23,28H,15-17H2,1H3,(H,29,31)/t23-/m0/s1. The fourth-order valence-corrected chi connectivity index (χ4v) is 5.61. The van der Waals surface area contributed by atoms with E-state index in [0.717, 1.165) is 11.1 Å². The molecule has 0 fully saturated rings. The largest absolute Gasteiger partial charge is 0.264 e. The van der Waals surface area contributed by atoms with E-state index in [4.69, 9.17) is 28.3 Å². The molecule has 0 saturated carbocycles. The van der Waals surface area contributed by atoms with Gasteiger partial charge in [0.1, 0.15) is 0 Å². The quantitative estimate of drug-likeness (QED) is 0.305. The zero-order valence-corrected chi connectivity index (χ0v) is 23.4. The summed E-state index contributed by atoms with van der Waals surface area (Å²) in [6, 6.07) is 22.5. The highest BCUT2D eigenvalue weighted by Crippen LogP contribution is 2.29. The zero-order chi connectivity index (χ0) is 27.3. The van der Waals surface area contributed by atoms with Gasteiger partial charge in [-0.3, -0.25) is 0 Å². The van der Waals surface area contributed by atoms with Gasteiger partial charge in [-0.05, 0) is 54.6 Å². The van der Waals surface area contributed by atoms with E-state index in [2.05, 4.69) is 14.4 Å². The molecule has 0 unspecified atom stereocenters. The Morgan fingerprint density at radius 1 is 0.947 bits per heavy atom. The maximum Gasteiger partial charge on any atom is 0.264 e. The SMILES string of the molecule is CNS(=O)(=O)CC/N=C(/NS(=O)(=O)c1ccc(Cl)cc1)N1C[C@@H](c2ccccc2)C(c2ccc(Cl)cc2)=N1. The van der Waals surface area contributed by atoms with Crippen molar-refractivity contribution in [3.8, 4) is 0 Å². The lowest BCUT2D eigenvalue weighted by Gasteiger charge is -2.20. The molecule has 1 atom stereocenters.